The molecular formula is C14H15ClN2. The van der Waals surface area contributed by atoms with Crippen LogP contribution in [0.15, 0.2) is 36.4 Å². The van der Waals surface area contributed by atoms with Crippen molar-refractivity contribution in [2.75, 3.05) is 11.1 Å². The highest BCUT2D eigenvalue weighted by atomic mass is 35.5. The maximum absolute atomic E-state index is 6.12. The van der Waals surface area contributed by atoms with Gasteiger partial charge in [-0.25, -0.2) is 0 Å². The third kappa shape index (κ3) is 2.71. The minimum Gasteiger partial charge on any atom is -0.397 e. The molecule has 3 N–H and O–H groups in total. The minimum absolute atomic E-state index is 0.629. The lowest BCUT2D eigenvalue weighted by molar-refractivity contribution is 1.37. The summed E-state index contributed by atoms with van der Waals surface area (Å²) in [5, 5.41) is 3.89. The Balaban J connectivity index is 2.38. The van der Waals surface area contributed by atoms with Gasteiger partial charge < -0.3 is 11.1 Å². The molecule has 0 saturated carbocycles. The van der Waals surface area contributed by atoms with Crippen molar-refractivity contribution in [3.05, 3.63) is 52.5 Å². The van der Waals surface area contributed by atoms with Gasteiger partial charge in [-0.3, -0.25) is 0 Å². The molecule has 2 aromatic rings. The lowest BCUT2D eigenvalue weighted by Crippen LogP contribution is -1.97. The van der Waals surface area contributed by atoms with Crippen LogP contribution in [-0.2, 0) is 0 Å². The van der Waals surface area contributed by atoms with Crippen molar-refractivity contribution in [2.45, 2.75) is 13.8 Å². The molecule has 2 aromatic carbocycles. The molecule has 0 bridgehead atoms. The summed E-state index contributed by atoms with van der Waals surface area (Å²) in [5.74, 6) is 0. The Hall–Kier alpha value is -1.67. The molecule has 2 nitrogen and oxygen atoms in total. The largest absolute Gasteiger partial charge is 0.397 e. The molecular weight excluding hydrogens is 232 g/mol. The van der Waals surface area contributed by atoms with E-state index in [0.29, 0.717) is 10.7 Å². The number of aryl methyl sites for hydroxylation is 2. The Morgan fingerprint density at radius 1 is 1.06 bits per heavy atom. The number of nitrogens with one attached hydrogen (secondary N) is 1. The molecule has 3 heteroatoms. The summed E-state index contributed by atoms with van der Waals surface area (Å²) in [6, 6.07) is 11.7. The van der Waals surface area contributed by atoms with E-state index in [2.05, 4.69) is 37.4 Å². The molecule has 0 atom stereocenters. The molecule has 17 heavy (non-hydrogen) atoms. The van der Waals surface area contributed by atoms with Gasteiger partial charge in [-0.2, -0.15) is 0 Å². The second-order valence-electron chi connectivity index (χ2n) is 4.21. The van der Waals surface area contributed by atoms with Crippen LogP contribution in [0, 0.1) is 13.8 Å². The lowest BCUT2D eigenvalue weighted by atomic mass is 10.1. The molecule has 0 aliphatic rings. The third-order valence-electron chi connectivity index (χ3n) is 2.54. The van der Waals surface area contributed by atoms with E-state index in [1.807, 2.05) is 18.2 Å². The molecule has 0 unspecified atom stereocenters. The van der Waals surface area contributed by atoms with Gasteiger partial charge >= 0.3 is 0 Å². The molecule has 0 aliphatic carbocycles. The monoisotopic (exact) mass is 246 g/mol. The number of nitrogens with two attached hydrogens (primary N) is 1. The van der Waals surface area contributed by atoms with Crippen LogP contribution >= 0.6 is 11.6 Å². The van der Waals surface area contributed by atoms with Gasteiger partial charge in [-0.1, -0.05) is 23.7 Å². The number of rotatable bonds is 2. The van der Waals surface area contributed by atoms with E-state index in [-0.39, 0.29) is 0 Å². The molecule has 0 amide bonds. The quantitative estimate of drug-likeness (QED) is 0.776. The highest BCUT2D eigenvalue weighted by Crippen LogP contribution is 2.31. The van der Waals surface area contributed by atoms with E-state index in [4.69, 9.17) is 17.3 Å². The van der Waals surface area contributed by atoms with Gasteiger partial charge in [0, 0.05) is 5.69 Å². The molecule has 0 aromatic heterocycles. The zero-order valence-corrected chi connectivity index (χ0v) is 10.7. The predicted molar refractivity (Wildman–Crippen MR) is 75.1 cm³/mol. The molecule has 0 spiro atoms. The van der Waals surface area contributed by atoms with Crippen LogP contribution in [0.3, 0.4) is 0 Å². The Morgan fingerprint density at radius 2 is 1.71 bits per heavy atom. The van der Waals surface area contributed by atoms with Crippen molar-refractivity contribution in [3.8, 4) is 0 Å². The topological polar surface area (TPSA) is 38.0 Å². The summed E-state index contributed by atoms with van der Waals surface area (Å²) in [6.07, 6.45) is 0. The summed E-state index contributed by atoms with van der Waals surface area (Å²) in [6.45, 7) is 4.13. The lowest BCUT2D eigenvalue weighted by Gasteiger charge is -2.12. The molecule has 0 radical (unpaired) electrons. The number of para-hydroxylation sites is 1. The van der Waals surface area contributed by atoms with Crippen molar-refractivity contribution >= 4 is 28.7 Å². The number of benzene rings is 2. The van der Waals surface area contributed by atoms with Gasteiger partial charge in [-0.15, -0.1) is 0 Å². The van der Waals surface area contributed by atoms with Gasteiger partial charge in [0.25, 0.3) is 0 Å². The highest BCUT2D eigenvalue weighted by molar-refractivity contribution is 6.34. The Morgan fingerprint density at radius 3 is 2.29 bits per heavy atom. The van der Waals surface area contributed by atoms with Crippen molar-refractivity contribution in [2.24, 2.45) is 0 Å². The molecule has 0 aliphatic heterocycles. The van der Waals surface area contributed by atoms with E-state index in [1.54, 1.807) is 0 Å². The van der Waals surface area contributed by atoms with Crippen molar-refractivity contribution in [1.29, 1.82) is 0 Å². The first kappa shape index (κ1) is 11.8. The Labute approximate surface area is 106 Å². The minimum atomic E-state index is 0.629. The van der Waals surface area contributed by atoms with E-state index < -0.39 is 0 Å². The third-order valence-corrected chi connectivity index (χ3v) is 2.85. The first-order valence-corrected chi connectivity index (χ1v) is 5.83. The fraction of sp³-hybridized carbons (Fsp3) is 0.143. The number of nitrogen functional groups attached to an aromatic ring is 1. The number of hydrogen-bond donors (Lipinski definition) is 2. The zero-order valence-electron chi connectivity index (χ0n) is 9.92. The fourth-order valence-corrected chi connectivity index (χ4v) is 2.09. The fourth-order valence-electron chi connectivity index (χ4n) is 1.86. The number of halogens is 1. The van der Waals surface area contributed by atoms with Crippen LogP contribution in [0.2, 0.25) is 5.02 Å². The van der Waals surface area contributed by atoms with E-state index in [1.165, 1.54) is 11.1 Å². The van der Waals surface area contributed by atoms with Crippen LogP contribution in [0.1, 0.15) is 11.1 Å². The van der Waals surface area contributed by atoms with Crippen LogP contribution in [-0.4, -0.2) is 0 Å². The summed E-state index contributed by atoms with van der Waals surface area (Å²) < 4.78 is 0. The van der Waals surface area contributed by atoms with E-state index >= 15 is 0 Å². The Kier molecular flexibility index (Phi) is 3.25. The second kappa shape index (κ2) is 4.68. The van der Waals surface area contributed by atoms with Crippen molar-refractivity contribution < 1.29 is 0 Å². The van der Waals surface area contributed by atoms with Gasteiger partial charge in [0.15, 0.2) is 0 Å². The summed E-state index contributed by atoms with van der Waals surface area (Å²) in [7, 11) is 0. The Bertz CT molecular complexity index is 509. The van der Waals surface area contributed by atoms with Crippen molar-refractivity contribution in [3.63, 3.8) is 0 Å². The zero-order chi connectivity index (χ0) is 12.4. The summed E-state index contributed by atoms with van der Waals surface area (Å²) in [5.41, 5.74) is 10.7. The van der Waals surface area contributed by atoms with Crippen LogP contribution in [0.5, 0.6) is 0 Å². The average Bonchev–Trinajstić information content (AvgIpc) is 2.22. The van der Waals surface area contributed by atoms with Crippen LogP contribution < -0.4 is 11.1 Å². The first-order valence-electron chi connectivity index (χ1n) is 5.45. The summed E-state index contributed by atoms with van der Waals surface area (Å²) in [4.78, 5) is 0. The summed E-state index contributed by atoms with van der Waals surface area (Å²) >= 11 is 6.12. The second-order valence-corrected chi connectivity index (χ2v) is 4.61. The standard InChI is InChI=1S/C14H15ClN2/c1-9-6-10(2)8-11(7-9)17-14-12(15)4-3-5-13(14)16/h3-8,17H,16H2,1-2H3. The van der Waals surface area contributed by atoms with Gasteiger partial charge in [0.2, 0.25) is 0 Å². The molecule has 0 fully saturated rings. The van der Waals surface area contributed by atoms with Gasteiger partial charge in [-0.05, 0) is 49.2 Å². The molecule has 88 valence electrons. The first-order chi connectivity index (χ1) is 8.06. The highest BCUT2D eigenvalue weighted by Gasteiger charge is 2.05. The maximum atomic E-state index is 6.12. The van der Waals surface area contributed by atoms with E-state index in [0.717, 1.165) is 11.4 Å². The predicted octanol–water partition coefficient (Wildman–Crippen LogP) is 4.28. The number of hydrogen-bond acceptors (Lipinski definition) is 2. The van der Waals surface area contributed by atoms with Crippen LogP contribution in [0.4, 0.5) is 17.1 Å². The SMILES string of the molecule is Cc1cc(C)cc(Nc2c(N)cccc2Cl)c1. The van der Waals surface area contributed by atoms with Crippen LogP contribution in [0.25, 0.3) is 0 Å². The normalized spacial score (nSPS) is 10.3. The van der Waals surface area contributed by atoms with Gasteiger partial charge in [0.1, 0.15) is 0 Å². The van der Waals surface area contributed by atoms with Gasteiger partial charge in [0.05, 0.1) is 16.4 Å². The van der Waals surface area contributed by atoms with Crippen molar-refractivity contribution in [1.82, 2.24) is 0 Å². The average molecular weight is 247 g/mol. The smallest absolute Gasteiger partial charge is 0.0807 e. The van der Waals surface area contributed by atoms with E-state index in [9.17, 15) is 0 Å². The maximum Gasteiger partial charge on any atom is 0.0807 e. The molecule has 0 saturated heterocycles. The molecule has 2 rings (SSSR count). The molecule has 0 heterocycles. The number of anilines is 3.